The van der Waals surface area contributed by atoms with Crippen molar-refractivity contribution in [2.24, 2.45) is 5.92 Å². The number of halogens is 2. The standard InChI is InChI=1S/C20H19F2NO2S/c1-19(2,25)14-5-3-4-12(8-14)13-6-7-16-17(9-13)26-18(24)23(16)11-15-10-20(15,21)22/h3-9,15,25H,10-11H2,1-2H3. The van der Waals surface area contributed by atoms with Gasteiger partial charge in [-0.25, -0.2) is 8.78 Å². The van der Waals surface area contributed by atoms with Gasteiger partial charge in [-0.15, -0.1) is 0 Å². The van der Waals surface area contributed by atoms with Gasteiger partial charge < -0.3 is 5.11 Å². The Morgan fingerprint density at radius 2 is 1.92 bits per heavy atom. The van der Waals surface area contributed by atoms with Gasteiger partial charge in [0, 0.05) is 18.9 Å². The molecule has 136 valence electrons. The molecule has 3 aromatic rings. The SMILES string of the molecule is CC(C)(O)c1cccc(-c2ccc3c(c2)sc(=O)n3CC2CC2(F)F)c1. The van der Waals surface area contributed by atoms with Crippen molar-refractivity contribution < 1.29 is 13.9 Å². The van der Waals surface area contributed by atoms with Crippen molar-refractivity contribution in [1.82, 2.24) is 4.57 Å². The highest BCUT2D eigenvalue weighted by Gasteiger charge is 2.56. The van der Waals surface area contributed by atoms with Crippen molar-refractivity contribution in [3.05, 3.63) is 57.7 Å². The van der Waals surface area contributed by atoms with Crippen LogP contribution in [0.1, 0.15) is 25.8 Å². The number of aliphatic hydroxyl groups is 1. The number of fused-ring (bicyclic) bond motifs is 1. The van der Waals surface area contributed by atoms with E-state index in [9.17, 15) is 18.7 Å². The van der Waals surface area contributed by atoms with Crippen molar-refractivity contribution in [3.8, 4) is 11.1 Å². The number of nitrogens with zero attached hydrogens (tertiary/aromatic N) is 1. The summed E-state index contributed by atoms with van der Waals surface area (Å²) in [6.07, 6.45) is -0.140. The Kier molecular flexibility index (Phi) is 3.82. The molecule has 1 saturated carbocycles. The third-order valence-corrected chi connectivity index (χ3v) is 5.87. The van der Waals surface area contributed by atoms with Gasteiger partial charge in [0.2, 0.25) is 0 Å². The monoisotopic (exact) mass is 375 g/mol. The summed E-state index contributed by atoms with van der Waals surface area (Å²) in [4.78, 5) is 12.0. The lowest BCUT2D eigenvalue weighted by Crippen LogP contribution is -2.16. The van der Waals surface area contributed by atoms with E-state index < -0.39 is 17.4 Å². The number of alkyl halides is 2. The predicted octanol–water partition coefficient (Wildman–Crippen LogP) is 4.61. The van der Waals surface area contributed by atoms with Gasteiger partial charge in [-0.1, -0.05) is 35.6 Å². The number of benzene rings is 2. The van der Waals surface area contributed by atoms with Gasteiger partial charge in [0.1, 0.15) is 0 Å². The quantitative estimate of drug-likeness (QED) is 0.723. The Morgan fingerprint density at radius 3 is 2.58 bits per heavy atom. The van der Waals surface area contributed by atoms with E-state index in [1.807, 2.05) is 42.5 Å². The average Bonchev–Trinajstić information content (AvgIpc) is 3.05. The van der Waals surface area contributed by atoms with E-state index in [2.05, 4.69) is 0 Å². The molecule has 0 saturated heterocycles. The maximum atomic E-state index is 13.2. The number of rotatable bonds is 4. The maximum Gasteiger partial charge on any atom is 0.308 e. The largest absolute Gasteiger partial charge is 0.386 e. The van der Waals surface area contributed by atoms with Crippen LogP contribution < -0.4 is 4.87 Å². The number of aromatic nitrogens is 1. The third-order valence-electron chi connectivity index (χ3n) is 4.93. The molecular formula is C20H19F2NO2S. The van der Waals surface area contributed by atoms with E-state index in [0.29, 0.717) is 5.52 Å². The summed E-state index contributed by atoms with van der Waals surface area (Å²) in [7, 11) is 0. The zero-order chi connectivity index (χ0) is 18.7. The highest BCUT2D eigenvalue weighted by Crippen LogP contribution is 2.49. The van der Waals surface area contributed by atoms with Gasteiger partial charge in [-0.3, -0.25) is 9.36 Å². The molecule has 6 heteroatoms. The molecule has 1 aromatic heterocycles. The lowest BCUT2D eigenvalue weighted by atomic mass is 9.94. The van der Waals surface area contributed by atoms with E-state index >= 15 is 0 Å². The first-order valence-corrected chi connectivity index (χ1v) is 9.31. The first kappa shape index (κ1) is 17.4. The maximum absolute atomic E-state index is 13.2. The zero-order valence-corrected chi connectivity index (χ0v) is 15.3. The van der Waals surface area contributed by atoms with Gasteiger partial charge in [-0.05, 0) is 48.7 Å². The summed E-state index contributed by atoms with van der Waals surface area (Å²) in [6.45, 7) is 3.53. The van der Waals surface area contributed by atoms with Gasteiger partial charge in [0.05, 0.1) is 15.8 Å². The Bertz CT molecular complexity index is 1050. The van der Waals surface area contributed by atoms with E-state index in [-0.39, 0.29) is 17.8 Å². The fraction of sp³-hybridized carbons (Fsp3) is 0.350. The molecule has 1 aliphatic rings. The molecule has 1 heterocycles. The van der Waals surface area contributed by atoms with Crippen LogP contribution in [-0.4, -0.2) is 15.6 Å². The van der Waals surface area contributed by atoms with Gasteiger partial charge in [0.15, 0.2) is 0 Å². The third kappa shape index (κ3) is 3.08. The molecule has 0 bridgehead atoms. The minimum absolute atomic E-state index is 0.0688. The van der Waals surface area contributed by atoms with E-state index in [0.717, 1.165) is 32.7 Å². The smallest absolute Gasteiger partial charge is 0.308 e. The average molecular weight is 375 g/mol. The van der Waals surface area contributed by atoms with Crippen LogP contribution in [0.25, 0.3) is 21.3 Å². The second kappa shape index (κ2) is 5.72. The van der Waals surface area contributed by atoms with Crippen molar-refractivity contribution in [3.63, 3.8) is 0 Å². The van der Waals surface area contributed by atoms with Crippen LogP contribution in [0.4, 0.5) is 8.78 Å². The normalized spacial score (nSPS) is 19.0. The lowest BCUT2D eigenvalue weighted by molar-refractivity contribution is 0.0786. The molecular weight excluding hydrogens is 356 g/mol. The van der Waals surface area contributed by atoms with Gasteiger partial charge in [0.25, 0.3) is 5.92 Å². The Morgan fingerprint density at radius 1 is 1.23 bits per heavy atom. The minimum Gasteiger partial charge on any atom is -0.386 e. The molecule has 2 aromatic carbocycles. The van der Waals surface area contributed by atoms with E-state index in [1.54, 1.807) is 13.8 Å². The van der Waals surface area contributed by atoms with Crippen LogP contribution in [0, 0.1) is 5.92 Å². The lowest BCUT2D eigenvalue weighted by Gasteiger charge is -2.18. The summed E-state index contributed by atoms with van der Waals surface area (Å²) < 4.78 is 28.7. The van der Waals surface area contributed by atoms with Crippen LogP contribution in [0.2, 0.25) is 0 Å². The second-order valence-corrected chi connectivity index (χ2v) is 8.46. The summed E-state index contributed by atoms with van der Waals surface area (Å²) in [6, 6.07) is 13.2. The Labute approximate surface area is 153 Å². The predicted molar refractivity (Wildman–Crippen MR) is 99.8 cm³/mol. The molecule has 4 rings (SSSR count). The molecule has 1 aliphatic carbocycles. The topological polar surface area (TPSA) is 42.2 Å². The summed E-state index contributed by atoms with van der Waals surface area (Å²) in [5, 5.41) is 10.2. The summed E-state index contributed by atoms with van der Waals surface area (Å²) in [5.41, 5.74) is 2.42. The fourth-order valence-corrected chi connectivity index (χ4v) is 4.13. The molecule has 0 spiro atoms. The van der Waals surface area contributed by atoms with Crippen LogP contribution in [0.5, 0.6) is 0 Å². The zero-order valence-electron chi connectivity index (χ0n) is 14.5. The highest BCUT2D eigenvalue weighted by atomic mass is 32.1. The van der Waals surface area contributed by atoms with Crippen LogP contribution >= 0.6 is 11.3 Å². The molecule has 0 radical (unpaired) electrons. The van der Waals surface area contributed by atoms with Crippen molar-refractivity contribution in [1.29, 1.82) is 0 Å². The first-order valence-electron chi connectivity index (χ1n) is 8.50. The van der Waals surface area contributed by atoms with Crippen LogP contribution in [0.3, 0.4) is 0 Å². The number of thiazole rings is 1. The fourth-order valence-electron chi connectivity index (χ4n) is 3.19. The summed E-state index contributed by atoms with van der Waals surface area (Å²) in [5.74, 6) is -3.37. The van der Waals surface area contributed by atoms with Crippen LogP contribution in [0.15, 0.2) is 47.3 Å². The molecule has 0 aliphatic heterocycles. The molecule has 1 atom stereocenters. The Hall–Kier alpha value is -2.05. The molecule has 3 nitrogen and oxygen atoms in total. The van der Waals surface area contributed by atoms with Crippen LogP contribution in [-0.2, 0) is 12.1 Å². The van der Waals surface area contributed by atoms with Crippen molar-refractivity contribution >= 4 is 21.6 Å². The van der Waals surface area contributed by atoms with E-state index in [4.69, 9.17) is 0 Å². The van der Waals surface area contributed by atoms with Gasteiger partial charge >= 0.3 is 4.87 Å². The molecule has 1 fully saturated rings. The minimum atomic E-state index is -2.63. The van der Waals surface area contributed by atoms with E-state index in [1.165, 1.54) is 4.57 Å². The number of hydrogen-bond donors (Lipinski definition) is 1. The molecule has 0 amide bonds. The number of hydrogen-bond acceptors (Lipinski definition) is 3. The van der Waals surface area contributed by atoms with Gasteiger partial charge in [-0.2, -0.15) is 0 Å². The Balaban J connectivity index is 1.72. The second-order valence-electron chi connectivity index (χ2n) is 7.46. The molecule has 1 N–H and O–H groups in total. The highest BCUT2D eigenvalue weighted by molar-refractivity contribution is 7.16. The first-order chi connectivity index (χ1) is 12.1. The van der Waals surface area contributed by atoms with Crippen molar-refractivity contribution in [2.45, 2.75) is 38.3 Å². The molecule has 1 unspecified atom stereocenters. The van der Waals surface area contributed by atoms with Crippen molar-refractivity contribution in [2.75, 3.05) is 0 Å². The summed E-state index contributed by atoms with van der Waals surface area (Å²) >= 11 is 1.08. The molecule has 26 heavy (non-hydrogen) atoms.